The van der Waals surface area contributed by atoms with Crippen LogP contribution in [0.25, 0.3) is 0 Å². The maximum Gasteiger partial charge on any atom is 0.305 e. The maximum absolute atomic E-state index is 12.3. The third kappa shape index (κ3) is 28.2. The van der Waals surface area contributed by atoms with Gasteiger partial charge >= 0.3 is 5.97 Å². The van der Waals surface area contributed by atoms with Crippen LogP contribution in [0.15, 0.2) is 24.3 Å². The number of rotatable bonds is 35. The van der Waals surface area contributed by atoms with E-state index in [0.717, 1.165) is 32.2 Å². The number of β-amino-alcohol motifs (C(OH)–C–C–N with tert-alkyl or cyclic N) is 1. The van der Waals surface area contributed by atoms with Gasteiger partial charge in [-0.3, -0.25) is 14.7 Å². The Morgan fingerprint density at radius 1 is 0.688 bits per heavy atom. The number of nitrogens with zero attached hydrogens (tertiary/aromatic N) is 1. The Bertz CT molecular complexity index is 795. The smallest absolute Gasteiger partial charge is 0.305 e. The van der Waals surface area contributed by atoms with E-state index in [-0.39, 0.29) is 18.1 Å². The number of unbranched alkanes of at least 4 members (excludes halogenated alkanes) is 22. The molecule has 48 heavy (non-hydrogen) atoms. The van der Waals surface area contributed by atoms with Crippen molar-refractivity contribution in [2.45, 2.75) is 206 Å². The van der Waals surface area contributed by atoms with Crippen molar-refractivity contribution in [3.63, 3.8) is 0 Å². The summed E-state index contributed by atoms with van der Waals surface area (Å²) in [5, 5.41) is 13.3. The number of ether oxygens (including phenoxy) is 1. The monoisotopic (exact) mass is 677 g/mol. The summed E-state index contributed by atoms with van der Waals surface area (Å²) in [6, 6.07) is 0.299. The van der Waals surface area contributed by atoms with Crippen LogP contribution in [-0.2, 0) is 9.53 Å². The van der Waals surface area contributed by atoms with Crippen LogP contribution in [0.1, 0.15) is 200 Å². The van der Waals surface area contributed by atoms with E-state index >= 15 is 0 Å². The summed E-state index contributed by atoms with van der Waals surface area (Å²) in [5.41, 5.74) is 0. The fourth-order valence-electron chi connectivity index (χ4n) is 6.67. The largest absolute Gasteiger partial charge is 0.870 e. The number of allylic oxidation sites excluding steroid dienone is 4. The summed E-state index contributed by atoms with van der Waals surface area (Å²) in [5.74, 6) is 1.21. The number of carbonyl (C=O) groups excluding carboxylic acids is 1. The number of hydrogen-bond acceptors (Lipinski definition) is 5. The Balaban J connectivity index is 0.0000221. The van der Waals surface area contributed by atoms with Crippen LogP contribution in [0.2, 0.25) is 0 Å². The van der Waals surface area contributed by atoms with Gasteiger partial charge in [0.25, 0.3) is 0 Å². The number of aliphatic hydroxyl groups excluding tert-OH is 1. The minimum atomic E-state index is -0.0557. The summed E-state index contributed by atoms with van der Waals surface area (Å²) in [4.78, 5) is 12.3. The maximum atomic E-state index is 12.3. The molecule has 0 saturated carbocycles. The third-order valence-corrected chi connectivity index (χ3v) is 9.70. The lowest BCUT2D eigenvalue weighted by Crippen LogP contribution is -2.30. The van der Waals surface area contributed by atoms with Crippen LogP contribution in [0.4, 0.5) is 0 Å². The predicted molar refractivity (Wildman–Crippen MR) is 205 cm³/mol. The highest BCUT2D eigenvalue weighted by Gasteiger charge is 2.30. The van der Waals surface area contributed by atoms with Crippen molar-refractivity contribution in [1.29, 1.82) is 0 Å². The summed E-state index contributed by atoms with van der Waals surface area (Å²) < 4.78 is 7.92. The molecule has 0 aromatic heterocycles. The van der Waals surface area contributed by atoms with Crippen LogP contribution in [0, 0.1) is 0 Å². The molecule has 0 aromatic carbocycles. The van der Waals surface area contributed by atoms with Gasteiger partial charge in [-0.2, -0.15) is 0 Å². The van der Waals surface area contributed by atoms with E-state index in [2.05, 4.69) is 48.0 Å². The average Bonchev–Trinajstić information content (AvgIpc) is 3.45. The molecule has 0 fully saturated rings. The van der Waals surface area contributed by atoms with Gasteiger partial charge in [-0.15, -0.1) is 0 Å². The molecule has 1 atom stereocenters. The zero-order chi connectivity index (χ0) is 33.9. The number of hydrogen-bond donors (Lipinski definition) is 2. The number of aliphatic hydroxyl groups is 1. The molecule has 1 aliphatic heterocycles. The van der Waals surface area contributed by atoms with Crippen molar-refractivity contribution in [3.8, 4) is 0 Å². The van der Waals surface area contributed by atoms with Crippen LogP contribution in [-0.4, -0.2) is 59.3 Å². The Hall–Kier alpha value is -1.66. The summed E-state index contributed by atoms with van der Waals surface area (Å²) in [6.45, 7) is 6.71. The van der Waals surface area contributed by atoms with Gasteiger partial charge in [0.1, 0.15) is 19.1 Å². The Labute approximate surface area is 298 Å². The normalized spacial score (nSPS) is 14.7. The second-order valence-electron chi connectivity index (χ2n) is 14.1. The van der Waals surface area contributed by atoms with E-state index in [4.69, 9.17) is 4.74 Å². The van der Waals surface area contributed by atoms with Gasteiger partial charge in [0.05, 0.1) is 13.2 Å². The van der Waals surface area contributed by atoms with E-state index in [9.17, 15) is 9.90 Å². The highest BCUT2D eigenvalue weighted by molar-refractivity contribution is 5.78. The molecule has 3 N–H and O–H groups in total. The summed E-state index contributed by atoms with van der Waals surface area (Å²) in [6.07, 6.45) is 45.5. The lowest BCUT2D eigenvalue weighted by Gasteiger charge is -2.12. The molecule has 0 aliphatic carbocycles. The first-order valence-corrected chi connectivity index (χ1v) is 20.7. The lowest BCUT2D eigenvalue weighted by atomic mass is 10.1. The Kier molecular flexibility index (Phi) is 35.3. The van der Waals surface area contributed by atoms with Gasteiger partial charge in [0.15, 0.2) is 0 Å². The number of amidine groups is 1. The third-order valence-electron chi connectivity index (χ3n) is 9.70. The molecule has 1 heterocycles. The average molecular weight is 677 g/mol. The zero-order valence-electron chi connectivity index (χ0n) is 31.9. The second kappa shape index (κ2) is 36.6. The molecule has 0 aromatic rings. The number of nitrogens with one attached hydrogen (secondary N) is 1. The molecule has 0 radical (unpaired) electrons. The summed E-state index contributed by atoms with van der Waals surface area (Å²) in [7, 11) is 0. The van der Waals surface area contributed by atoms with Crippen LogP contribution >= 0.6 is 0 Å². The molecular formula is C42H80N2O4. The van der Waals surface area contributed by atoms with E-state index in [1.807, 2.05) is 0 Å². The van der Waals surface area contributed by atoms with Crippen molar-refractivity contribution in [1.82, 2.24) is 5.32 Å². The van der Waals surface area contributed by atoms with Gasteiger partial charge in [-0.1, -0.05) is 141 Å². The van der Waals surface area contributed by atoms with Gasteiger partial charge in [-0.05, 0) is 64.2 Å². The fraction of sp³-hybridized carbons (Fsp3) is 0.857. The molecule has 1 unspecified atom stereocenters. The van der Waals surface area contributed by atoms with Gasteiger partial charge < -0.3 is 15.3 Å². The molecule has 1 rings (SSSR count). The van der Waals surface area contributed by atoms with Crippen molar-refractivity contribution < 1.29 is 24.7 Å². The van der Waals surface area contributed by atoms with Crippen molar-refractivity contribution >= 4 is 11.8 Å². The van der Waals surface area contributed by atoms with Crippen LogP contribution < -0.4 is 5.32 Å². The molecule has 1 aliphatic rings. The topological polar surface area (TPSA) is 91.6 Å². The molecule has 6 nitrogen and oxygen atoms in total. The first-order chi connectivity index (χ1) is 23.2. The highest BCUT2D eigenvalue weighted by atomic mass is 16.5. The second-order valence-corrected chi connectivity index (χ2v) is 14.1. The van der Waals surface area contributed by atoms with Crippen molar-refractivity contribution in [3.05, 3.63) is 24.3 Å². The highest BCUT2D eigenvalue weighted by Crippen LogP contribution is 2.14. The van der Waals surface area contributed by atoms with E-state index in [0.29, 0.717) is 25.6 Å². The van der Waals surface area contributed by atoms with Gasteiger partial charge in [0, 0.05) is 19.3 Å². The molecule has 6 heteroatoms. The van der Waals surface area contributed by atoms with E-state index in [1.54, 1.807) is 0 Å². The van der Waals surface area contributed by atoms with Crippen molar-refractivity contribution in [2.24, 2.45) is 0 Å². The van der Waals surface area contributed by atoms with Crippen LogP contribution in [0.3, 0.4) is 0 Å². The first-order valence-electron chi connectivity index (χ1n) is 20.7. The Morgan fingerprint density at radius 2 is 1.12 bits per heavy atom. The fourth-order valence-corrected chi connectivity index (χ4v) is 6.67. The number of esters is 1. The predicted octanol–water partition coefficient (Wildman–Crippen LogP) is 11.2. The van der Waals surface area contributed by atoms with E-state index < -0.39 is 0 Å². The molecule has 0 saturated heterocycles. The molecule has 0 bridgehead atoms. The quantitative estimate of drug-likeness (QED) is 0.0302. The minimum absolute atomic E-state index is 0. The van der Waals surface area contributed by atoms with Crippen molar-refractivity contribution in [2.75, 3.05) is 26.3 Å². The minimum Gasteiger partial charge on any atom is -0.870 e. The lowest BCUT2D eigenvalue weighted by molar-refractivity contribution is -0.559. The van der Waals surface area contributed by atoms with Gasteiger partial charge in [0.2, 0.25) is 5.84 Å². The Morgan fingerprint density at radius 3 is 1.60 bits per heavy atom. The molecule has 282 valence electrons. The standard InChI is InChI=1S/C42H78N2O3.H2O/c1-3-5-7-9-11-13-15-17-19-21-23-25-27-29-31-33-41-43-39-40(44(41)36-37-45)35-38-47-42(46)34-32-30-28-26-24-22-20-18-16-14-12-10-8-6-4-2;/h17-20,40,45H,3-16,21-39H2,1-2H3;1H2/b19-17?,20-18-;. The molecule has 0 amide bonds. The molecule has 0 spiro atoms. The SMILES string of the molecule is CCCCCCCCC=CCCCCCCCC1=[N+](CCO)C(CCOC(=O)CCCCCCC/C=C\CCCCCCCC)CN1.[OH-]. The number of carbonyl (C=O) groups is 1. The van der Waals surface area contributed by atoms with E-state index in [1.165, 1.54) is 160 Å². The summed E-state index contributed by atoms with van der Waals surface area (Å²) >= 11 is 0. The van der Waals surface area contributed by atoms with Crippen LogP contribution in [0.5, 0.6) is 0 Å². The van der Waals surface area contributed by atoms with Gasteiger partial charge in [-0.25, -0.2) is 0 Å². The first kappa shape index (κ1) is 46.3. The molecular weight excluding hydrogens is 596 g/mol. The zero-order valence-corrected chi connectivity index (χ0v) is 31.9.